The zero-order valence-electron chi connectivity index (χ0n) is 37.8. The highest BCUT2D eigenvalue weighted by atomic mass is 35.5. The Bertz CT molecular complexity index is 2380. The van der Waals surface area contributed by atoms with Crippen LogP contribution in [0.15, 0.2) is 72.9 Å². The van der Waals surface area contributed by atoms with E-state index < -0.39 is 72.0 Å². The van der Waals surface area contributed by atoms with Crippen LogP contribution in [0.25, 0.3) is 11.3 Å². The van der Waals surface area contributed by atoms with Gasteiger partial charge in [0.15, 0.2) is 0 Å². The van der Waals surface area contributed by atoms with E-state index in [1.165, 1.54) is 9.80 Å². The monoisotopic (exact) mass is 957 g/mol. The number of aromatic nitrogens is 2. The Hall–Kier alpha value is -5.20. The van der Waals surface area contributed by atoms with Gasteiger partial charge in [-0.05, 0) is 108 Å². The minimum atomic E-state index is -4.78. The number of amides is 3. The average molecular weight is 959 g/mol. The van der Waals surface area contributed by atoms with Crippen LogP contribution in [0.5, 0.6) is 11.5 Å². The normalized spacial score (nSPS) is 19.4. The predicted octanol–water partition coefficient (Wildman–Crippen LogP) is 7.45. The summed E-state index contributed by atoms with van der Waals surface area (Å²) in [6.45, 7) is 5.60. The highest BCUT2D eigenvalue weighted by Gasteiger charge is 2.50. The maximum absolute atomic E-state index is 14.5. The highest BCUT2D eigenvalue weighted by Crippen LogP contribution is 2.35. The van der Waals surface area contributed by atoms with Crippen LogP contribution in [-0.2, 0) is 50.5 Å². The number of nitrogens with zero attached hydrogens (tertiary/aromatic N) is 5. The number of carboxylic acid groups (broad SMARTS) is 1. The summed E-state index contributed by atoms with van der Waals surface area (Å²) in [5.41, 5.74) is 0.907. The fourth-order valence-electron chi connectivity index (χ4n) is 8.65. The number of benzene rings is 3. The summed E-state index contributed by atoms with van der Waals surface area (Å²) in [5.74, 6) is -3.41. The molecule has 0 saturated carbocycles. The number of alkyl halides is 3. The van der Waals surface area contributed by atoms with Crippen molar-refractivity contribution in [2.45, 2.75) is 95.5 Å². The van der Waals surface area contributed by atoms with E-state index in [2.05, 4.69) is 20.5 Å². The molecule has 2 aliphatic heterocycles. The van der Waals surface area contributed by atoms with Crippen molar-refractivity contribution in [3.63, 3.8) is 0 Å². The lowest BCUT2D eigenvalue weighted by molar-refractivity contribution is -0.165. The molecule has 19 heteroatoms. The molecule has 0 aliphatic carbocycles. The molecule has 0 spiro atoms. The minimum absolute atomic E-state index is 0.0648. The van der Waals surface area contributed by atoms with Crippen LogP contribution in [0, 0.1) is 5.92 Å². The van der Waals surface area contributed by atoms with Gasteiger partial charge in [-0.1, -0.05) is 41.4 Å². The van der Waals surface area contributed by atoms with Crippen molar-refractivity contribution < 1.29 is 46.9 Å². The van der Waals surface area contributed by atoms with Crippen LogP contribution < -0.4 is 15.4 Å². The molecule has 2 fully saturated rings. The Balaban J connectivity index is 1.17. The lowest BCUT2D eigenvalue weighted by atomic mass is 9.82. The van der Waals surface area contributed by atoms with Crippen LogP contribution in [-0.4, -0.2) is 116 Å². The standard InChI is InChI=1S/C47H56Cl2F3N7O7/c1-29(53-24-32-10-15-35(49)21-39(32)66-36-16-11-31(12-17-36)37-25-54-40(57(37)6)26-56(4)5)43(63)59-38(27-65-45(59,2)3)42(62)55-46(22-30-8-13-34(48)14-9-30)18-7-19-58(28-46)44(64)33(20-41(60)61)23-47(50,51)52/h8-17,21,25,29,33,38,53H,7,18-20,22-24,26-28H2,1-6H3,(H,55,62)(H,60,61)/t29-,33-,38-,46+/m0/s1. The van der Waals surface area contributed by atoms with Crippen molar-refractivity contribution in [2.24, 2.45) is 13.0 Å². The largest absolute Gasteiger partial charge is 0.481 e. The minimum Gasteiger partial charge on any atom is -0.481 e. The molecule has 4 aromatic rings. The van der Waals surface area contributed by atoms with Gasteiger partial charge >= 0.3 is 12.1 Å². The van der Waals surface area contributed by atoms with Crippen LogP contribution in [0.1, 0.15) is 63.4 Å². The van der Waals surface area contributed by atoms with Gasteiger partial charge in [-0.25, -0.2) is 4.98 Å². The highest BCUT2D eigenvalue weighted by molar-refractivity contribution is 6.31. The number of carbonyl (C=O) groups is 4. The third-order valence-corrected chi connectivity index (χ3v) is 12.4. The van der Waals surface area contributed by atoms with E-state index in [0.29, 0.717) is 46.5 Å². The summed E-state index contributed by atoms with van der Waals surface area (Å²) >= 11 is 12.6. The first kappa shape index (κ1) is 50.2. The third kappa shape index (κ3) is 12.6. The molecule has 3 heterocycles. The number of hydrogen-bond acceptors (Lipinski definition) is 9. The van der Waals surface area contributed by atoms with E-state index >= 15 is 0 Å². The molecular weight excluding hydrogens is 902 g/mol. The lowest BCUT2D eigenvalue weighted by Crippen LogP contribution is -2.65. The van der Waals surface area contributed by atoms with Crippen LogP contribution in [0.4, 0.5) is 13.2 Å². The maximum Gasteiger partial charge on any atom is 0.389 e. The molecular formula is C47H56Cl2F3N7O7. The molecule has 0 bridgehead atoms. The molecule has 4 atom stereocenters. The first-order chi connectivity index (χ1) is 31.0. The van der Waals surface area contributed by atoms with Gasteiger partial charge in [0.1, 0.15) is 29.1 Å². The number of nitrogens with one attached hydrogen (secondary N) is 2. The molecule has 0 radical (unpaired) electrons. The van der Waals surface area contributed by atoms with Crippen LogP contribution in [0.2, 0.25) is 10.0 Å². The van der Waals surface area contributed by atoms with Crippen molar-refractivity contribution in [3.05, 3.63) is 99.9 Å². The SMILES string of the molecule is C[C@H](NCc1ccc(Cl)cc1Oc1ccc(-c2cnc(CN(C)C)n2C)cc1)C(=O)N1[C@H](C(=O)N[C@@]2(Cc3ccc(Cl)cc3)CCCN(C(=O)[C@@H](CC(=O)O)CC(F)(F)F)C2)COC1(C)C. The third-order valence-electron chi connectivity index (χ3n) is 11.9. The molecule has 1 aromatic heterocycles. The maximum atomic E-state index is 14.5. The Morgan fingerprint density at radius 3 is 2.35 bits per heavy atom. The number of hydrogen-bond donors (Lipinski definition) is 3. The average Bonchev–Trinajstić information content (AvgIpc) is 3.76. The smallest absolute Gasteiger partial charge is 0.389 e. The second kappa shape index (κ2) is 20.8. The molecule has 6 rings (SSSR count). The molecule has 3 aromatic carbocycles. The Labute approximate surface area is 392 Å². The van der Waals surface area contributed by atoms with Crippen LogP contribution >= 0.6 is 23.2 Å². The van der Waals surface area contributed by atoms with E-state index in [9.17, 15) is 37.5 Å². The summed E-state index contributed by atoms with van der Waals surface area (Å²) in [7, 11) is 5.95. The zero-order chi connectivity index (χ0) is 48.1. The first-order valence-electron chi connectivity index (χ1n) is 21.6. The van der Waals surface area contributed by atoms with E-state index in [1.807, 2.05) is 56.2 Å². The van der Waals surface area contributed by atoms with Gasteiger partial charge in [0.05, 0.1) is 55.4 Å². The van der Waals surface area contributed by atoms with Gasteiger partial charge in [0.25, 0.3) is 0 Å². The quantitative estimate of drug-likeness (QED) is 0.0971. The second-order valence-corrected chi connectivity index (χ2v) is 18.7. The summed E-state index contributed by atoms with van der Waals surface area (Å²) in [5, 5.41) is 16.7. The molecule has 3 amide bonds. The fourth-order valence-corrected chi connectivity index (χ4v) is 8.94. The predicted molar refractivity (Wildman–Crippen MR) is 243 cm³/mol. The molecule has 66 heavy (non-hydrogen) atoms. The number of rotatable bonds is 17. The molecule has 356 valence electrons. The first-order valence-corrected chi connectivity index (χ1v) is 22.3. The Morgan fingerprint density at radius 1 is 1.02 bits per heavy atom. The number of piperidine rings is 1. The van der Waals surface area contributed by atoms with E-state index in [1.54, 1.807) is 63.2 Å². The number of likely N-dealkylation sites (tertiary alicyclic amines) is 1. The number of imidazole rings is 1. The number of halogens is 5. The Morgan fingerprint density at radius 2 is 1.70 bits per heavy atom. The van der Waals surface area contributed by atoms with Gasteiger partial charge in [-0.3, -0.25) is 24.1 Å². The zero-order valence-corrected chi connectivity index (χ0v) is 39.3. The van der Waals surface area contributed by atoms with Crippen molar-refractivity contribution >= 4 is 46.9 Å². The summed E-state index contributed by atoms with van der Waals surface area (Å²) < 4.78 is 55.1. The Kier molecular flexibility index (Phi) is 15.8. The topological polar surface area (TPSA) is 159 Å². The van der Waals surface area contributed by atoms with Crippen molar-refractivity contribution in [1.29, 1.82) is 0 Å². The van der Waals surface area contributed by atoms with Crippen LogP contribution in [0.3, 0.4) is 0 Å². The van der Waals surface area contributed by atoms with Gasteiger partial charge < -0.3 is 39.6 Å². The summed E-state index contributed by atoms with van der Waals surface area (Å²) in [6.07, 6.45) is -4.77. The van der Waals surface area contributed by atoms with Crippen molar-refractivity contribution in [2.75, 3.05) is 33.8 Å². The molecule has 14 nitrogen and oxygen atoms in total. The second-order valence-electron chi connectivity index (χ2n) is 17.9. The number of ether oxygens (including phenoxy) is 2. The van der Waals surface area contributed by atoms with Gasteiger partial charge in [0, 0.05) is 47.9 Å². The molecule has 2 saturated heterocycles. The van der Waals surface area contributed by atoms with Crippen molar-refractivity contribution in [1.82, 2.24) is 34.9 Å². The van der Waals surface area contributed by atoms with E-state index in [4.69, 9.17) is 32.7 Å². The molecule has 3 N–H and O–H groups in total. The molecule has 0 unspecified atom stereocenters. The fraction of sp³-hybridized carbons (Fsp3) is 0.468. The van der Waals surface area contributed by atoms with E-state index in [-0.39, 0.29) is 32.7 Å². The number of carbonyl (C=O) groups excluding carboxylic acids is 3. The lowest BCUT2D eigenvalue weighted by Gasteiger charge is -2.45. The van der Waals surface area contributed by atoms with Gasteiger partial charge in [0.2, 0.25) is 17.7 Å². The number of aliphatic carboxylic acids is 1. The van der Waals surface area contributed by atoms with Gasteiger partial charge in [-0.15, -0.1) is 0 Å². The van der Waals surface area contributed by atoms with Gasteiger partial charge in [-0.2, -0.15) is 13.2 Å². The summed E-state index contributed by atoms with van der Waals surface area (Å²) in [6, 6.07) is 17.6. The van der Waals surface area contributed by atoms with E-state index in [0.717, 1.165) is 22.6 Å². The summed E-state index contributed by atoms with van der Waals surface area (Å²) in [4.78, 5) is 63.4. The number of carboxylic acids is 1. The van der Waals surface area contributed by atoms with Crippen molar-refractivity contribution in [3.8, 4) is 22.8 Å². The molecule has 2 aliphatic rings.